The van der Waals surface area contributed by atoms with Crippen LogP contribution in [-0.2, 0) is 0 Å². The van der Waals surface area contributed by atoms with Crippen molar-refractivity contribution in [3.8, 4) is 0 Å². The first-order valence-corrected chi connectivity index (χ1v) is 8.96. The molecule has 0 spiro atoms. The number of nitrogens with one attached hydrogen (secondary N) is 2. The molecule has 0 saturated heterocycles. The van der Waals surface area contributed by atoms with Crippen molar-refractivity contribution < 1.29 is 9.59 Å². The van der Waals surface area contributed by atoms with Gasteiger partial charge in [-0.1, -0.05) is 60.7 Å². The van der Waals surface area contributed by atoms with E-state index < -0.39 is 0 Å². The minimum Gasteiger partial charge on any atom is -0.322 e. The minimum absolute atomic E-state index is 0.216. The van der Waals surface area contributed by atoms with Crippen molar-refractivity contribution in [3.05, 3.63) is 108 Å². The Morgan fingerprint density at radius 1 is 0.571 bits per heavy atom. The molecule has 4 aromatic carbocycles. The smallest absolute Gasteiger partial charge is 0.255 e. The highest BCUT2D eigenvalue weighted by molar-refractivity contribution is 6.10. The molecule has 4 heteroatoms. The maximum absolute atomic E-state index is 12.7. The first kappa shape index (κ1) is 17.5. The zero-order valence-electron chi connectivity index (χ0n) is 15.1. The first-order valence-electron chi connectivity index (χ1n) is 8.96. The fraction of sp³-hybridized carbons (Fsp3) is 0. The molecule has 0 aliphatic carbocycles. The van der Waals surface area contributed by atoms with Crippen molar-refractivity contribution in [2.75, 3.05) is 10.6 Å². The summed E-state index contributed by atoms with van der Waals surface area (Å²) >= 11 is 0. The van der Waals surface area contributed by atoms with Crippen molar-refractivity contribution in [2.45, 2.75) is 0 Å². The highest BCUT2D eigenvalue weighted by atomic mass is 16.2. The number of carbonyl (C=O) groups excluding carboxylic acids is 2. The van der Waals surface area contributed by atoms with Crippen LogP contribution in [0.5, 0.6) is 0 Å². The number of amides is 2. The summed E-state index contributed by atoms with van der Waals surface area (Å²) in [5.74, 6) is -0.445. The predicted octanol–water partition coefficient (Wildman–Crippen LogP) is 5.34. The van der Waals surface area contributed by atoms with Crippen LogP contribution in [0.4, 0.5) is 11.4 Å². The molecule has 0 aliphatic rings. The molecule has 0 saturated carbocycles. The van der Waals surface area contributed by atoms with Gasteiger partial charge in [0.15, 0.2) is 0 Å². The lowest BCUT2D eigenvalue weighted by molar-refractivity contribution is 0.101. The van der Waals surface area contributed by atoms with E-state index in [1.165, 1.54) is 0 Å². The average molecular weight is 366 g/mol. The van der Waals surface area contributed by atoms with E-state index in [4.69, 9.17) is 0 Å². The molecule has 4 nitrogen and oxygen atoms in total. The molecule has 28 heavy (non-hydrogen) atoms. The topological polar surface area (TPSA) is 58.2 Å². The number of hydrogen-bond acceptors (Lipinski definition) is 2. The SMILES string of the molecule is O=C(Nc1cccc(C(=O)Nc2cccc3ccccc23)c1)c1ccccc1. The Kier molecular flexibility index (Phi) is 4.85. The normalized spacial score (nSPS) is 10.4. The molecule has 2 N–H and O–H groups in total. The van der Waals surface area contributed by atoms with Gasteiger partial charge in [0.1, 0.15) is 0 Å². The van der Waals surface area contributed by atoms with E-state index >= 15 is 0 Å². The molecule has 0 unspecified atom stereocenters. The van der Waals surface area contributed by atoms with Crippen LogP contribution in [0, 0.1) is 0 Å². The molecule has 0 aliphatic heterocycles. The lowest BCUT2D eigenvalue weighted by Gasteiger charge is -2.10. The van der Waals surface area contributed by atoms with Crippen molar-refractivity contribution in [3.63, 3.8) is 0 Å². The minimum atomic E-state index is -0.229. The fourth-order valence-corrected chi connectivity index (χ4v) is 3.06. The lowest BCUT2D eigenvalue weighted by atomic mass is 10.1. The molecule has 0 bridgehead atoms. The van der Waals surface area contributed by atoms with Crippen molar-refractivity contribution >= 4 is 34.0 Å². The van der Waals surface area contributed by atoms with Gasteiger partial charge in [0.25, 0.3) is 11.8 Å². The van der Waals surface area contributed by atoms with Crippen LogP contribution in [-0.4, -0.2) is 11.8 Å². The van der Waals surface area contributed by atoms with Crippen LogP contribution < -0.4 is 10.6 Å². The molecule has 0 heterocycles. The second-order valence-corrected chi connectivity index (χ2v) is 6.38. The van der Waals surface area contributed by atoms with E-state index in [0.29, 0.717) is 16.8 Å². The number of fused-ring (bicyclic) bond motifs is 1. The van der Waals surface area contributed by atoms with E-state index in [0.717, 1.165) is 16.5 Å². The Morgan fingerprint density at radius 2 is 1.21 bits per heavy atom. The molecule has 4 aromatic rings. The van der Waals surface area contributed by atoms with Gasteiger partial charge in [-0.05, 0) is 41.8 Å². The number of rotatable bonds is 4. The highest BCUT2D eigenvalue weighted by Gasteiger charge is 2.11. The van der Waals surface area contributed by atoms with Gasteiger partial charge in [0.05, 0.1) is 0 Å². The van der Waals surface area contributed by atoms with E-state index in [1.54, 1.807) is 36.4 Å². The van der Waals surface area contributed by atoms with Crippen LogP contribution in [0.1, 0.15) is 20.7 Å². The van der Waals surface area contributed by atoms with Crippen LogP contribution in [0.25, 0.3) is 10.8 Å². The number of anilines is 2. The molecule has 0 aromatic heterocycles. The van der Waals surface area contributed by atoms with Crippen LogP contribution >= 0.6 is 0 Å². The summed E-state index contributed by atoms with van der Waals surface area (Å²) in [5, 5.41) is 7.83. The van der Waals surface area contributed by atoms with Crippen LogP contribution in [0.15, 0.2) is 97.1 Å². The van der Waals surface area contributed by atoms with Crippen molar-refractivity contribution in [1.29, 1.82) is 0 Å². The summed E-state index contributed by atoms with van der Waals surface area (Å²) in [6, 6.07) is 29.5. The molecule has 2 amide bonds. The zero-order chi connectivity index (χ0) is 19.3. The average Bonchev–Trinajstić information content (AvgIpc) is 2.75. The Hall–Kier alpha value is -3.92. The van der Waals surface area contributed by atoms with Crippen molar-refractivity contribution in [2.24, 2.45) is 0 Å². The van der Waals surface area contributed by atoms with Gasteiger partial charge in [0.2, 0.25) is 0 Å². The van der Waals surface area contributed by atoms with E-state index in [2.05, 4.69) is 10.6 Å². The number of hydrogen-bond donors (Lipinski definition) is 2. The Balaban J connectivity index is 1.54. The van der Waals surface area contributed by atoms with Crippen molar-refractivity contribution in [1.82, 2.24) is 0 Å². The van der Waals surface area contributed by atoms with Gasteiger partial charge < -0.3 is 10.6 Å². The quantitative estimate of drug-likeness (QED) is 0.512. The highest BCUT2D eigenvalue weighted by Crippen LogP contribution is 2.24. The third-order valence-electron chi connectivity index (χ3n) is 4.46. The van der Waals surface area contributed by atoms with Crippen LogP contribution in [0.2, 0.25) is 0 Å². The molecular formula is C24H18N2O2. The summed E-state index contributed by atoms with van der Waals surface area (Å²) in [4.78, 5) is 25.1. The van der Waals surface area contributed by atoms with Gasteiger partial charge in [-0.25, -0.2) is 0 Å². The standard InChI is InChI=1S/C24H18N2O2/c27-23(18-9-2-1-3-10-18)25-20-13-6-12-19(16-20)24(28)26-22-15-7-11-17-8-4-5-14-21(17)22/h1-16H,(H,25,27)(H,26,28). The first-order chi connectivity index (χ1) is 13.7. The second kappa shape index (κ2) is 7.76. The second-order valence-electron chi connectivity index (χ2n) is 6.38. The number of carbonyl (C=O) groups is 2. The van der Waals surface area contributed by atoms with Gasteiger partial charge in [-0.3, -0.25) is 9.59 Å². The molecule has 0 radical (unpaired) electrons. The van der Waals surface area contributed by atoms with E-state index in [1.807, 2.05) is 60.7 Å². The maximum atomic E-state index is 12.7. The van der Waals surface area contributed by atoms with Gasteiger partial charge in [-0.15, -0.1) is 0 Å². The summed E-state index contributed by atoms with van der Waals surface area (Å²) in [6.07, 6.45) is 0. The summed E-state index contributed by atoms with van der Waals surface area (Å²) in [7, 11) is 0. The zero-order valence-corrected chi connectivity index (χ0v) is 15.1. The maximum Gasteiger partial charge on any atom is 0.255 e. The Morgan fingerprint density at radius 3 is 2.07 bits per heavy atom. The summed E-state index contributed by atoms with van der Waals surface area (Å²) in [5.41, 5.74) is 2.35. The third kappa shape index (κ3) is 3.76. The third-order valence-corrected chi connectivity index (χ3v) is 4.46. The predicted molar refractivity (Wildman–Crippen MR) is 113 cm³/mol. The Bertz CT molecular complexity index is 1150. The molecule has 4 rings (SSSR count). The summed E-state index contributed by atoms with van der Waals surface area (Å²) in [6.45, 7) is 0. The molecule has 0 fully saturated rings. The summed E-state index contributed by atoms with van der Waals surface area (Å²) < 4.78 is 0. The molecule has 136 valence electrons. The van der Waals surface area contributed by atoms with Gasteiger partial charge in [-0.2, -0.15) is 0 Å². The largest absolute Gasteiger partial charge is 0.322 e. The van der Waals surface area contributed by atoms with E-state index in [9.17, 15) is 9.59 Å². The van der Waals surface area contributed by atoms with E-state index in [-0.39, 0.29) is 11.8 Å². The van der Waals surface area contributed by atoms with Crippen LogP contribution in [0.3, 0.4) is 0 Å². The van der Waals surface area contributed by atoms with Gasteiger partial charge in [0, 0.05) is 27.9 Å². The Labute approximate surface area is 162 Å². The lowest BCUT2D eigenvalue weighted by Crippen LogP contribution is -2.14. The fourth-order valence-electron chi connectivity index (χ4n) is 3.06. The molecular weight excluding hydrogens is 348 g/mol. The monoisotopic (exact) mass is 366 g/mol. The number of benzene rings is 4. The molecule has 0 atom stereocenters. The van der Waals surface area contributed by atoms with Gasteiger partial charge >= 0.3 is 0 Å².